The van der Waals surface area contributed by atoms with Gasteiger partial charge in [0, 0.05) is 6.20 Å². The minimum Gasteiger partial charge on any atom is -0.394 e. The van der Waals surface area contributed by atoms with E-state index in [1.807, 2.05) is 0 Å². The second-order valence-corrected chi connectivity index (χ2v) is 3.60. The number of aliphatic hydroxyl groups excluding tert-OH is 4. The van der Waals surface area contributed by atoms with Crippen molar-refractivity contribution in [2.45, 2.75) is 30.6 Å². The van der Waals surface area contributed by atoms with Crippen LogP contribution in [0.4, 0.5) is 0 Å². The fourth-order valence-electron chi connectivity index (χ4n) is 1.65. The molecule has 1 saturated heterocycles. The fourth-order valence-corrected chi connectivity index (χ4v) is 1.65. The van der Waals surface area contributed by atoms with Gasteiger partial charge in [0.25, 0.3) is 0 Å². The maximum absolute atomic E-state index is 9.69. The van der Waals surface area contributed by atoms with Gasteiger partial charge in [-0.1, -0.05) is 5.21 Å². The van der Waals surface area contributed by atoms with Crippen molar-refractivity contribution in [1.29, 1.82) is 0 Å². The van der Waals surface area contributed by atoms with E-state index in [0.29, 0.717) is 0 Å². The normalized spacial score (nSPS) is 39.9. The number of hydrogen-bond acceptors (Lipinski definition) is 7. The summed E-state index contributed by atoms with van der Waals surface area (Å²) in [7, 11) is 0. The Hall–Kier alpha value is -1.06. The van der Waals surface area contributed by atoms with E-state index in [1.54, 1.807) is 0 Å². The number of rotatable bonds is 2. The van der Waals surface area contributed by atoms with Crippen LogP contribution in [-0.4, -0.2) is 66.4 Å². The SMILES string of the molecule is OC[C@H]1O[C@H](n2ccnn2)[C@H](O)[C@@H](O)[C@@H]1O. The monoisotopic (exact) mass is 231 g/mol. The zero-order valence-electron chi connectivity index (χ0n) is 8.29. The Labute approximate surface area is 90.7 Å². The van der Waals surface area contributed by atoms with Crippen LogP contribution < -0.4 is 0 Å². The largest absolute Gasteiger partial charge is 0.394 e. The van der Waals surface area contributed by atoms with E-state index in [-0.39, 0.29) is 0 Å². The highest BCUT2D eigenvalue weighted by atomic mass is 16.6. The maximum Gasteiger partial charge on any atom is 0.180 e. The van der Waals surface area contributed by atoms with E-state index in [1.165, 1.54) is 17.1 Å². The molecule has 1 aliphatic heterocycles. The maximum atomic E-state index is 9.69. The molecule has 1 fully saturated rings. The predicted molar refractivity (Wildman–Crippen MR) is 49.0 cm³/mol. The summed E-state index contributed by atoms with van der Waals surface area (Å²) in [6.07, 6.45) is -3.17. The third-order valence-corrected chi connectivity index (χ3v) is 2.57. The van der Waals surface area contributed by atoms with E-state index < -0.39 is 37.3 Å². The third-order valence-electron chi connectivity index (χ3n) is 2.57. The highest BCUT2D eigenvalue weighted by Crippen LogP contribution is 2.27. The van der Waals surface area contributed by atoms with Gasteiger partial charge in [-0.2, -0.15) is 0 Å². The average molecular weight is 231 g/mol. The summed E-state index contributed by atoms with van der Waals surface area (Å²) in [4.78, 5) is 0. The smallest absolute Gasteiger partial charge is 0.180 e. The first-order valence-electron chi connectivity index (χ1n) is 4.81. The lowest BCUT2D eigenvalue weighted by Gasteiger charge is -2.39. The summed E-state index contributed by atoms with van der Waals surface area (Å²) in [6.45, 7) is -0.462. The Balaban J connectivity index is 2.20. The number of aromatic nitrogens is 3. The highest BCUT2D eigenvalue weighted by molar-refractivity contribution is 4.90. The minimum absolute atomic E-state index is 0.462. The lowest BCUT2D eigenvalue weighted by atomic mass is 9.98. The Kier molecular flexibility index (Phi) is 3.17. The number of nitrogens with zero attached hydrogens (tertiary/aromatic N) is 3. The third kappa shape index (κ3) is 1.81. The molecule has 16 heavy (non-hydrogen) atoms. The van der Waals surface area contributed by atoms with Crippen LogP contribution in [0.3, 0.4) is 0 Å². The molecule has 2 rings (SSSR count). The first kappa shape index (κ1) is 11.4. The molecule has 1 aliphatic rings. The molecular weight excluding hydrogens is 218 g/mol. The van der Waals surface area contributed by atoms with Gasteiger partial charge in [0.2, 0.25) is 0 Å². The molecule has 8 nitrogen and oxygen atoms in total. The predicted octanol–water partition coefficient (Wildman–Crippen LogP) is -2.75. The molecule has 0 radical (unpaired) electrons. The van der Waals surface area contributed by atoms with Crippen molar-refractivity contribution in [2.75, 3.05) is 6.61 Å². The molecule has 1 aromatic heterocycles. The molecule has 0 saturated carbocycles. The van der Waals surface area contributed by atoms with Crippen LogP contribution in [0.2, 0.25) is 0 Å². The van der Waals surface area contributed by atoms with Crippen molar-refractivity contribution in [2.24, 2.45) is 0 Å². The molecule has 0 aromatic carbocycles. The van der Waals surface area contributed by atoms with Gasteiger partial charge in [-0.3, -0.25) is 0 Å². The molecule has 90 valence electrons. The Morgan fingerprint density at radius 3 is 2.50 bits per heavy atom. The average Bonchev–Trinajstić information content (AvgIpc) is 2.80. The summed E-state index contributed by atoms with van der Waals surface area (Å²) < 4.78 is 6.44. The van der Waals surface area contributed by atoms with Gasteiger partial charge < -0.3 is 25.2 Å². The topological polar surface area (TPSA) is 121 Å². The minimum atomic E-state index is -1.40. The van der Waals surface area contributed by atoms with Crippen LogP contribution in [0.25, 0.3) is 0 Å². The lowest BCUT2D eigenvalue weighted by molar-refractivity contribution is -0.254. The number of hydrogen-bond donors (Lipinski definition) is 4. The molecule has 2 heterocycles. The van der Waals surface area contributed by atoms with Crippen molar-refractivity contribution in [1.82, 2.24) is 15.0 Å². The van der Waals surface area contributed by atoms with Gasteiger partial charge in [-0.05, 0) is 0 Å². The molecule has 5 atom stereocenters. The van der Waals surface area contributed by atoms with Crippen molar-refractivity contribution in [3.8, 4) is 0 Å². The van der Waals surface area contributed by atoms with Crippen LogP contribution in [0.5, 0.6) is 0 Å². The fraction of sp³-hybridized carbons (Fsp3) is 0.750. The van der Waals surface area contributed by atoms with E-state index in [4.69, 9.17) is 9.84 Å². The molecule has 0 unspecified atom stereocenters. The van der Waals surface area contributed by atoms with E-state index >= 15 is 0 Å². The van der Waals surface area contributed by atoms with Crippen molar-refractivity contribution in [3.63, 3.8) is 0 Å². The Morgan fingerprint density at radius 1 is 1.19 bits per heavy atom. The summed E-state index contributed by atoms with van der Waals surface area (Å²) >= 11 is 0. The van der Waals surface area contributed by atoms with Crippen molar-refractivity contribution < 1.29 is 25.2 Å². The summed E-state index contributed by atoms with van der Waals surface area (Å²) in [5.41, 5.74) is 0. The Bertz CT molecular complexity index is 330. The van der Waals surface area contributed by atoms with Gasteiger partial charge in [-0.15, -0.1) is 5.10 Å². The van der Waals surface area contributed by atoms with Crippen LogP contribution >= 0.6 is 0 Å². The van der Waals surface area contributed by atoms with Gasteiger partial charge in [0.1, 0.15) is 24.4 Å². The molecule has 4 N–H and O–H groups in total. The first-order chi connectivity index (χ1) is 7.65. The zero-order chi connectivity index (χ0) is 11.7. The standard InChI is InChI=1S/C8H13N3O5/c12-3-4-5(13)6(14)7(15)8(16-4)11-2-1-9-10-11/h1-2,4-8,12-15H,3H2/t4-,5-,6+,7-,8+/m1/s1. The van der Waals surface area contributed by atoms with Gasteiger partial charge in [-0.25, -0.2) is 4.68 Å². The highest BCUT2D eigenvalue weighted by Gasteiger charge is 2.44. The summed E-state index contributed by atoms with van der Waals surface area (Å²) in [5, 5.41) is 44.9. The van der Waals surface area contributed by atoms with Crippen molar-refractivity contribution in [3.05, 3.63) is 12.4 Å². The van der Waals surface area contributed by atoms with Crippen LogP contribution in [-0.2, 0) is 4.74 Å². The van der Waals surface area contributed by atoms with E-state index in [9.17, 15) is 15.3 Å². The summed E-state index contributed by atoms with van der Waals surface area (Å²) in [5.74, 6) is 0. The molecule has 0 amide bonds. The van der Waals surface area contributed by atoms with Crippen LogP contribution in [0, 0.1) is 0 Å². The molecule has 0 bridgehead atoms. The molecule has 0 spiro atoms. The van der Waals surface area contributed by atoms with Crippen LogP contribution in [0.15, 0.2) is 12.4 Å². The second-order valence-electron chi connectivity index (χ2n) is 3.60. The van der Waals surface area contributed by atoms with Crippen LogP contribution in [0.1, 0.15) is 6.23 Å². The Morgan fingerprint density at radius 2 is 1.94 bits per heavy atom. The molecule has 1 aromatic rings. The van der Waals surface area contributed by atoms with Gasteiger partial charge >= 0.3 is 0 Å². The summed E-state index contributed by atoms with van der Waals surface area (Å²) in [6, 6.07) is 0. The van der Waals surface area contributed by atoms with E-state index in [2.05, 4.69) is 10.3 Å². The number of ether oxygens (including phenoxy) is 1. The first-order valence-corrected chi connectivity index (χ1v) is 4.81. The second kappa shape index (κ2) is 4.44. The lowest BCUT2D eigenvalue weighted by Crippen LogP contribution is -2.56. The van der Waals surface area contributed by atoms with Gasteiger partial charge in [0.15, 0.2) is 6.23 Å². The number of aliphatic hydroxyl groups is 4. The van der Waals surface area contributed by atoms with E-state index in [0.717, 1.165) is 0 Å². The zero-order valence-corrected chi connectivity index (χ0v) is 8.29. The van der Waals surface area contributed by atoms with Gasteiger partial charge in [0.05, 0.1) is 12.8 Å². The molecular formula is C8H13N3O5. The molecule has 0 aliphatic carbocycles. The quantitative estimate of drug-likeness (QED) is 0.435. The van der Waals surface area contributed by atoms with Crippen molar-refractivity contribution >= 4 is 0 Å². The molecule has 8 heteroatoms.